The summed E-state index contributed by atoms with van der Waals surface area (Å²) in [6.07, 6.45) is 0.928. The van der Waals surface area contributed by atoms with E-state index >= 15 is 0 Å². The van der Waals surface area contributed by atoms with E-state index in [1.54, 1.807) is 0 Å². The van der Waals surface area contributed by atoms with Gasteiger partial charge in [0.05, 0.1) is 6.61 Å². The number of hydrogen-bond acceptors (Lipinski definition) is 2. The van der Waals surface area contributed by atoms with Crippen LogP contribution in [0.15, 0.2) is 24.3 Å². The van der Waals surface area contributed by atoms with Crippen molar-refractivity contribution in [1.82, 2.24) is 0 Å². The molecule has 0 aromatic heterocycles. The molecular weight excluding hydrogens is 174 g/mol. The molecule has 1 aliphatic heterocycles. The number of para-hydroxylation sites is 1. The average Bonchev–Trinajstić information content (AvgIpc) is 2.06. The summed E-state index contributed by atoms with van der Waals surface area (Å²) in [5, 5.41) is 0. The highest BCUT2D eigenvalue weighted by Gasteiger charge is 2.16. The van der Waals surface area contributed by atoms with E-state index < -0.39 is 0 Å². The Bertz CT molecular complexity index is 264. The van der Waals surface area contributed by atoms with Gasteiger partial charge in [-0.25, -0.2) is 0 Å². The summed E-state index contributed by atoms with van der Waals surface area (Å²) < 4.78 is 5.41. The summed E-state index contributed by atoms with van der Waals surface area (Å²) in [6.45, 7) is 0.748. The van der Waals surface area contributed by atoms with Crippen molar-refractivity contribution in [2.45, 2.75) is 12.5 Å². The predicted octanol–water partition coefficient (Wildman–Crippen LogP) is 1.89. The van der Waals surface area contributed by atoms with E-state index in [0.29, 0.717) is 0 Å². The van der Waals surface area contributed by atoms with Crippen LogP contribution in [0.25, 0.3) is 0 Å². The fraction of sp³-hybridized carbons (Fsp3) is 0.333. The molecule has 0 saturated carbocycles. The summed E-state index contributed by atoms with van der Waals surface area (Å²) in [5.41, 5.74) is 7.00. The third-order valence-corrected chi connectivity index (χ3v) is 2.00. The zero-order chi connectivity index (χ0) is 7.68. The van der Waals surface area contributed by atoms with Gasteiger partial charge in [0.15, 0.2) is 0 Å². The van der Waals surface area contributed by atoms with Crippen LogP contribution in [0.1, 0.15) is 18.0 Å². The summed E-state index contributed by atoms with van der Waals surface area (Å²) in [5.74, 6) is 0.950. The Hall–Kier alpha value is -0.730. The largest absolute Gasteiger partial charge is 0.493 e. The molecule has 0 amide bonds. The SMILES string of the molecule is Cl.NC1CCOc2ccccc21. The van der Waals surface area contributed by atoms with Gasteiger partial charge in [-0.3, -0.25) is 0 Å². The normalized spacial score (nSPS) is 20.2. The van der Waals surface area contributed by atoms with Crippen LogP contribution in [0.2, 0.25) is 0 Å². The monoisotopic (exact) mass is 185 g/mol. The van der Waals surface area contributed by atoms with Gasteiger partial charge in [-0.05, 0) is 6.07 Å². The second kappa shape index (κ2) is 3.78. The molecular formula is C9H12ClNO. The van der Waals surface area contributed by atoms with Gasteiger partial charge in [0, 0.05) is 18.0 Å². The lowest BCUT2D eigenvalue weighted by atomic mass is 10.0. The van der Waals surface area contributed by atoms with E-state index in [1.807, 2.05) is 24.3 Å². The minimum Gasteiger partial charge on any atom is -0.493 e. The van der Waals surface area contributed by atoms with Gasteiger partial charge < -0.3 is 10.5 Å². The molecule has 0 aliphatic carbocycles. The van der Waals surface area contributed by atoms with Crippen LogP contribution in [0.4, 0.5) is 0 Å². The molecule has 0 saturated heterocycles. The van der Waals surface area contributed by atoms with Crippen molar-refractivity contribution in [1.29, 1.82) is 0 Å². The summed E-state index contributed by atoms with van der Waals surface area (Å²) in [4.78, 5) is 0. The Balaban J connectivity index is 0.000000720. The van der Waals surface area contributed by atoms with Crippen LogP contribution in [-0.2, 0) is 0 Å². The fourth-order valence-corrected chi connectivity index (χ4v) is 1.37. The highest BCUT2D eigenvalue weighted by molar-refractivity contribution is 5.85. The number of benzene rings is 1. The van der Waals surface area contributed by atoms with Gasteiger partial charge >= 0.3 is 0 Å². The molecule has 66 valence electrons. The number of halogens is 1. The summed E-state index contributed by atoms with van der Waals surface area (Å²) in [7, 11) is 0. The lowest BCUT2D eigenvalue weighted by Crippen LogP contribution is -2.20. The summed E-state index contributed by atoms with van der Waals surface area (Å²) in [6, 6.07) is 8.12. The molecule has 1 heterocycles. The maximum atomic E-state index is 5.87. The topological polar surface area (TPSA) is 35.2 Å². The number of nitrogens with two attached hydrogens (primary N) is 1. The molecule has 0 bridgehead atoms. The van der Waals surface area contributed by atoms with E-state index in [4.69, 9.17) is 10.5 Å². The molecule has 2 N–H and O–H groups in total. The van der Waals surface area contributed by atoms with Gasteiger partial charge in [0.25, 0.3) is 0 Å². The first-order chi connectivity index (χ1) is 5.38. The molecule has 1 atom stereocenters. The van der Waals surface area contributed by atoms with Crippen molar-refractivity contribution in [2.75, 3.05) is 6.61 Å². The minimum absolute atomic E-state index is 0. The average molecular weight is 186 g/mol. The Labute approximate surface area is 78.1 Å². The Morgan fingerprint density at radius 1 is 1.33 bits per heavy atom. The first kappa shape index (κ1) is 9.36. The van der Waals surface area contributed by atoms with Crippen molar-refractivity contribution in [3.63, 3.8) is 0 Å². The predicted molar refractivity (Wildman–Crippen MR) is 50.7 cm³/mol. The van der Waals surface area contributed by atoms with Gasteiger partial charge in [-0.2, -0.15) is 0 Å². The highest BCUT2D eigenvalue weighted by Crippen LogP contribution is 2.29. The lowest BCUT2D eigenvalue weighted by Gasteiger charge is -2.22. The molecule has 1 aromatic rings. The lowest BCUT2D eigenvalue weighted by molar-refractivity contribution is 0.269. The van der Waals surface area contributed by atoms with E-state index in [1.165, 1.54) is 0 Å². The quantitative estimate of drug-likeness (QED) is 0.670. The Morgan fingerprint density at radius 3 is 2.83 bits per heavy atom. The standard InChI is InChI=1S/C9H11NO.ClH/c10-8-5-6-11-9-4-2-1-3-7(8)9;/h1-4,8H,5-6,10H2;1H. The molecule has 12 heavy (non-hydrogen) atoms. The molecule has 1 aliphatic rings. The maximum absolute atomic E-state index is 5.87. The van der Waals surface area contributed by atoms with Gasteiger partial charge in [0.1, 0.15) is 5.75 Å². The molecule has 1 aromatic carbocycles. The summed E-state index contributed by atoms with van der Waals surface area (Å²) >= 11 is 0. The van der Waals surface area contributed by atoms with Crippen LogP contribution in [0.3, 0.4) is 0 Å². The van der Waals surface area contributed by atoms with Gasteiger partial charge in [-0.15, -0.1) is 12.4 Å². The molecule has 1 unspecified atom stereocenters. The second-order valence-corrected chi connectivity index (χ2v) is 2.78. The van der Waals surface area contributed by atoms with E-state index in [2.05, 4.69) is 0 Å². The second-order valence-electron chi connectivity index (χ2n) is 2.78. The molecule has 0 radical (unpaired) electrons. The van der Waals surface area contributed by atoms with Crippen molar-refractivity contribution >= 4 is 12.4 Å². The van der Waals surface area contributed by atoms with Crippen molar-refractivity contribution < 1.29 is 4.74 Å². The maximum Gasteiger partial charge on any atom is 0.124 e. The number of hydrogen-bond donors (Lipinski definition) is 1. The molecule has 2 rings (SSSR count). The highest BCUT2D eigenvalue weighted by atomic mass is 35.5. The van der Waals surface area contributed by atoms with Crippen LogP contribution < -0.4 is 10.5 Å². The molecule has 3 heteroatoms. The Kier molecular flexibility index (Phi) is 2.95. The molecule has 0 spiro atoms. The van der Waals surface area contributed by atoms with Crippen molar-refractivity contribution in [3.8, 4) is 5.75 Å². The van der Waals surface area contributed by atoms with Crippen molar-refractivity contribution in [3.05, 3.63) is 29.8 Å². The van der Waals surface area contributed by atoms with E-state index in [9.17, 15) is 0 Å². The fourth-order valence-electron chi connectivity index (χ4n) is 1.37. The van der Waals surface area contributed by atoms with Crippen LogP contribution >= 0.6 is 12.4 Å². The first-order valence-corrected chi connectivity index (χ1v) is 3.85. The third kappa shape index (κ3) is 1.54. The number of fused-ring (bicyclic) bond motifs is 1. The number of ether oxygens (including phenoxy) is 1. The van der Waals surface area contributed by atoms with Gasteiger partial charge in [-0.1, -0.05) is 18.2 Å². The molecule has 2 nitrogen and oxygen atoms in total. The minimum atomic E-state index is 0. The smallest absolute Gasteiger partial charge is 0.124 e. The van der Waals surface area contributed by atoms with Gasteiger partial charge in [0.2, 0.25) is 0 Å². The van der Waals surface area contributed by atoms with Crippen LogP contribution in [0.5, 0.6) is 5.75 Å². The zero-order valence-electron chi connectivity index (χ0n) is 6.69. The molecule has 0 fully saturated rings. The van der Waals surface area contributed by atoms with E-state index in [0.717, 1.165) is 24.3 Å². The zero-order valence-corrected chi connectivity index (χ0v) is 7.51. The number of rotatable bonds is 0. The van der Waals surface area contributed by atoms with E-state index in [-0.39, 0.29) is 18.4 Å². The first-order valence-electron chi connectivity index (χ1n) is 3.85. The Morgan fingerprint density at radius 2 is 2.08 bits per heavy atom. The van der Waals surface area contributed by atoms with Crippen LogP contribution in [-0.4, -0.2) is 6.61 Å². The van der Waals surface area contributed by atoms with Crippen LogP contribution in [0, 0.1) is 0 Å². The third-order valence-electron chi connectivity index (χ3n) is 2.00. The van der Waals surface area contributed by atoms with Crippen molar-refractivity contribution in [2.24, 2.45) is 5.73 Å².